The third-order valence-electron chi connectivity index (χ3n) is 3.44. The van der Waals surface area contributed by atoms with Gasteiger partial charge >= 0.3 is 0 Å². The number of hydrogen-bond donors (Lipinski definition) is 1. The fourth-order valence-corrected chi connectivity index (χ4v) is 2.17. The molecule has 3 heteroatoms. The summed E-state index contributed by atoms with van der Waals surface area (Å²) >= 11 is 0. The van der Waals surface area contributed by atoms with Crippen molar-refractivity contribution in [3.63, 3.8) is 0 Å². The van der Waals surface area contributed by atoms with E-state index in [1.807, 2.05) is 56.3 Å². The molecule has 0 spiro atoms. The predicted octanol–water partition coefficient (Wildman–Crippen LogP) is 3.24. The van der Waals surface area contributed by atoms with Crippen LogP contribution >= 0.6 is 0 Å². The number of hydrogen-bond acceptors (Lipinski definition) is 2. The minimum atomic E-state index is -0.0162. The first-order chi connectivity index (χ1) is 9.63. The summed E-state index contributed by atoms with van der Waals surface area (Å²) in [6, 6.07) is 15.6. The maximum Gasteiger partial charge on any atom is 0.256 e. The van der Waals surface area contributed by atoms with Crippen LogP contribution in [0.25, 0.3) is 0 Å². The molecule has 0 heterocycles. The van der Waals surface area contributed by atoms with Gasteiger partial charge in [0, 0.05) is 18.8 Å². The Bertz CT molecular complexity index is 593. The van der Waals surface area contributed by atoms with Crippen LogP contribution in [0.1, 0.15) is 28.4 Å². The highest BCUT2D eigenvalue weighted by Crippen LogP contribution is 2.19. The molecule has 0 atom stereocenters. The summed E-state index contributed by atoms with van der Waals surface area (Å²) < 4.78 is 0. The lowest BCUT2D eigenvalue weighted by Crippen LogP contribution is -2.31. The summed E-state index contributed by atoms with van der Waals surface area (Å²) in [5.41, 5.74) is 9.24. The number of nitrogens with two attached hydrogens (primary N) is 1. The molecule has 0 unspecified atom stereocenters. The van der Waals surface area contributed by atoms with E-state index in [0.29, 0.717) is 24.3 Å². The molecule has 0 aliphatic heterocycles. The van der Waals surface area contributed by atoms with E-state index in [1.54, 1.807) is 11.0 Å². The molecule has 2 aromatic carbocycles. The van der Waals surface area contributed by atoms with Gasteiger partial charge in [0.15, 0.2) is 0 Å². The number of nitrogens with zero attached hydrogens (tertiary/aromatic N) is 1. The normalized spacial score (nSPS) is 10.3. The summed E-state index contributed by atoms with van der Waals surface area (Å²) in [5, 5.41) is 0. The lowest BCUT2D eigenvalue weighted by molar-refractivity contribution is 0.0753. The standard InChI is InChI=1S/C17H20N2O/c1-3-19(12-14-9-5-4-6-10-14)17(20)15-11-7-8-13(2)16(15)18/h4-11H,3,12,18H2,1-2H3. The van der Waals surface area contributed by atoms with Gasteiger partial charge in [-0.05, 0) is 31.0 Å². The highest BCUT2D eigenvalue weighted by molar-refractivity contribution is 5.99. The molecular formula is C17H20N2O. The van der Waals surface area contributed by atoms with E-state index in [2.05, 4.69) is 0 Å². The zero-order chi connectivity index (χ0) is 14.5. The fraction of sp³-hybridized carbons (Fsp3) is 0.235. The number of rotatable bonds is 4. The van der Waals surface area contributed by atoms with Crippen molar-refractivity contribution in [3.8, 4) is 0 Å². The molecule has 20 heavy (non-hydrogen) atoms. The second-order valence-corrected chi connectivity index (χ2v) is 4.84. The van der Waals surface area contributed by atoms with Crippen LogP contribution in [0, 0.1) is 6.92 Å². The van der Waals surface area contributed by atoms with Crippen molar-refractivity contribution in [2.75, 3.05) is 12.3 Å². The van der Waals surface area contributed by atoms with E-state index >= 15 is 0 Å². The molecule has 0 fully saturated rings. The van der Waals surface area contributed by atoms with Gasteiger partial charge in [-0.1, -0.05) is 42.5 Å². The van der Waals surface area contributed by atoms with Crippen LogP contribution in [-0.4, -0.2) is 17.4 Å². The van der Waals surface area contributed by atoms with Crippen molar-refractivity contribution in [1.82, 2.24) is 4.90 Å². The Labute approximate surface area is 120 Å². The molecule has 0 aliphatic rings. The minimum absolute atomic E-state index is 0.0162. The number of benzene rings is 2. The van der Waals surface area contributed by atoms with E-state index < -0.39 is 0 Å². The lowest BCUT2D eigenvalue weighted by Gasteiger charge is -2.22. The topological polar surface area (TPSA) is 46.3 Å². The third-order valence-corrected chi connectivity index (χ3v) is 3.44. The Morgan fingerprint density at radius 1 is 1.10 bits per heavy atom. The van der Waals surface area contributed by atoms with Crippen LogP contribution < -0.4 is 5.73 Å². The van der Waals surface area contributed by atoms with E-state index in [9.17, 15) is 4.79 Å². The van der Waals surface area contributed by atoms with Gasteiger partial charge < -0.3 is 10.6 Å². The van der Waals surface area contributed by atoms with Gasteiger partial charge in [-0.2, -0.15) is 0 Å². The zero-order valence-corrected chi connectivity index (χ0v) is 12.0. The van der Waals surface area contributed by atoms with Gasteiger partial charge in [-0.3, -0.25) is 4.79 Å². The van der Waals surface area contributed by atoms with Crippen LogP contribution in [0.2, 0.25) is 0 Å². The molecule has 3 nitrogen and oxygen atoms in total. The maximum atomic E-state index is 12.6. The Hall–Kier alpha value is -2.29. The van der Waals surface area contributed by atoms with Gasteiger partial charge in [0.2, 0.25) is 0 Å². The van der Waals surface area contributed by atoms with Crippen LogP contribution in [0.4, 0.5) is 5.69 Å². The fourth-order valence-electron chi connectivity index (χ4n) is 2.17. The summed E-state index contributed by atoms with van der Waals surface area (Å²) in [4.78, 5) is 14.4. The maximum absolute atomic E-state index is 12.6. The number of carbonyl (C=O) groups excluding carboxylic acids is 1. The van der Waals surface area contributed by atoms with Crippen molar-refractivity contribution in [3.05, 3.63) is 65.2 Å². The molecule has 2 aromatic rings. The Kier molecular flexibility index (Phi) is 4.41. The second-order valence-electron chi connectivity index (χ2n) is 4.84. The SMILES string of the molecule is CCN(Cc1ccccc1)C(=O)c1cccc(C)c1N. The molecule has 0 saturated carbocycles. The van der Waals surface area contributed by atoms with Crippen LogP contribution in [0.3, 0.4) is 0 Å². The zero-order valence-electron chi connectivity index (χ0n) is 12.0. The molecular weight excluding hydrogens is 248 g/mol. The van der Waals surface area contributed by atoms with E-state index in [4.69, 9.17) is 5.73 Å². The van der Waals surface area contributed by atoms with Gasteiger partial charge in [-0.15, -0.1) is 0 Å². The third kappa shape index (κ3) is 2.99. The average Bonchev–Trinajstić information content (AvgIpc) is 2.48. The summed E-state index contributed by atoms with van der Waals surface area (Å²) in [6.07, 6.45) is 0. The predicted molar refractivity (Wildman–Crippen MR) is 82.4 cm³/mol. The number of nitrogen functional groups attached to an aromatic ring is 1. The first-order valence-electron chi connectivity index (χ1n) is 6.81. The van der Waals surface area contributed by atoms with Crippen molar-refractivity contribution in [2.24, 2.45) is 0 Å². The van der Waals surface area contributed by atoms with Gasteiger partial charge in [0.25, 0.3) is 5.91 Å². The number of amides is 1. The van der Waals surface area contributed by atoms with Gasteiger partial charge in [0.05, 0.1) is 5.56 Å². The Morgan fingerprint density at radius 3 is 2.45 bits per heavy atom. The Morgan fingerprint density at radius 2 is 1.80 bits per heavy atom. The summed E-state index contributed by atoms with van der Waals surface area (Å²) in [6.45, 7) is 5.15. The van der Waals surface area contributed by atoms with Crippen molar-refractivity contribution < 1.29 is 4.79 Å². The summed E-state index contributed by atoms with van der Waals surface area (Å²) in [5.74, 6) is -0.0162. The van der Waals surface area contributed by atoms with E-state index in [0.717, 1.165) is 11.1 Å². The van der Waals surface area contributed by atoms with Crippen molar-refractivity contribution in [1.29, 1.82) is 0 Å². The molecule has 2 rings (SSSR count). The van der Waals surface area contributed by atoms with Crippen LogP contribution in [0.15, 0.2) is 48.5 Å². The monoisotopic (exact) mass is 268 g/mol. The average molecular weight is 268 g/mol. The largest absolute Gasteiger partial charge is 0.398 e. The molecule has 2 N–H and O–H groups in total. The quantitative estimate of drug-likeness (QED) is 0.865. The van der Waals surface area contributed by atoms with E-state index in [-0.39, 0.29) is 5.91 Å². The number of carbonyl (C=O) groups is 1. The van der Waals surface area contributed by atoms with Crippen molar-refractivity contribution >= 4 is 11.6 Å². The first-order valence-corrected chi connectivity index (χ1v) is 6.81. The highest BCUT2D eigenvalue weighted by atomic mass is 16.2. The first kappa shape index (κ1) is 14.1. The van der Waals surface area contributed by atoms with Crippen LogP contribution in [-0.2, 0) is 6.54 Å². The molecule has 1 amide bonds. The smallest absolute Gasteiger partial charge is 0.256 e. The molecule has 0 aromatic heterocycles. The Balaban J connectivity index is 2.23. The molecule has 0 radical (unpaired) electrons. The number of anilines is 1. The second kappa shape index (κ2) is 6.24. The van der Waals surface area contributed by atoms with Crippen LogP contribution in [0.5, 0.6) is 0 Å². The van der Waals surface area contributed by atoms with E-state index in [1.165, 1.54) is 0 Å². The minimum Gasteiger partial charge on any atom is -0.398 e. The molecule has 0 aliphatic carbocycles. The van der Waals surface area contributed by atoms with Gasteiger partial charge in [-0.25, -0.2) is 0 Å². The molecule has 104 valence electrons. The molecule has 0 saturated heterocycles. The lowest BCUT2D eigenvalue weighted by atomic mass is 10.1. The van der Waals surface area contributed by atoms with Crippen molar-refractivity contribution in [2.45, 2.75) is 20.4 Å². The number of aryl methyl sites for hydroxylation is 1. The molecule has 0 bridgehead atoms. The number of para-hydroxylation sites is 1. The highest BCUT2D eigenvalue weighted by Gasteiger charge is 2.17. The summed E-state index contributed by atoms with van der Waals surface area (Å²) in [7, 11) is 0. The van der Waals surface area contributed by atoms with Gasteiger partial charge in [0.1, 0.15) is 0 Å².